The highest BCUT2D eigenvalue weighted by Crippen LogP contribution is 2.29. The van der Waals surface area contributed by atoms with E-state index in [1.807, 2.05) is 59.7 Å². The van der Waals surface area contributed by atoms with Gasteiger partial charge >= 0.3 is 0 Å². The molecule has 0 aliphatic carbocycles. The Labute approximate surface area is 196 Å². The number of para-hydroxylation sites is 3. The molecular formula is C25H34ClN3O3. The first-order valence-electron chi connectivity index (χ1n) is 11.0. The van der Waals surface area contributed by atoms with Crippen molar-refractivity contribution >= 4 is 35.0 Å². The van der Waals surface area contributed by atoms with Gasteiger partial charge in [0, 0.05) is 20.1 Å². The van der Waals surface area contributed by atoms with Gasteiger partial charge in [-0.05, 0) is 49.9 Å². The lowest BCUT2D eigenvalue weighted by atomic mass is 10.0. The van der Waals surface area contributed by atoms with Gasteiger partial charge < -0.3 is 19.3 Å². The highest BCUT2D eigenvalue weighted by molar-refractivity contribution is 5.96. The Morgan fingerprint density at radius 2 is 1.97 bits per heavy atom. The van der Waals surface area contributed by atoms with Crippen LogP contribution in [-0.2, 0) is 28.9 Å². The number of methoxy groups -OCH3 is 1. The van der Waals surface area contributed by atoms with E-state index in [0.717, 1.165) is 40.1 Å². The fraction of sp³-hybridized carbons (Fsp3) is 0.440. The topological polar surface area (TPSA) is 67.6 Å². The molecule has 1 N–H and O–H groups in total. The van der Waals surface area contributed by atoms with Gasteiger partial charge in [0.2, 0.25) is 5.91 Å². The molecule has 3 aromatic rings. The molecule has 7 heteroatoms. The molecule has 1 unspecified atom stereocenters. The number of halogens is 1. The van der Waals surface area contributed by atoms with Gasteiger partial charge in [-0.25, -0.2) is 4.98 Å². The second kappa shape index (κ2) is 12.0. The highest BCUT2D eigenvalue weighted by Gasteiger charge is 2.27. The molecule has 0 bridgehead atoms. The van der Waals surface area contributed by atoms with Gasteiger partial charge in [0.1, 0.15) is 12.4 Å². The molecule has 0 saturated heterocycles. The molecule has 2 aromatic carbocycles. The van der Waals surface area contributed by atoms with Crippen LogP contribution in [0.15, 0.2) is 42.5 Å². The molecule has 0 spiro atoms. The van der Waals surface area contributed by atoms with Crippen LogP contribution in [0.5, 0.6) is 0 Å². The van der Waals surface area contributed by atoms with E-state index in [4.69, 9.17) is 9.72 Å². The maximum absolute atomic E-state index is 13.8. The summed E-state index contributed by atoms with van der Waals surface area (Å²) in [6.45, 7) is 6.91. The molecule has 0 saturated carbocycles. The van der Waals surface area contributed by atoms with E-state index >= 15 is 0 Å². The predicted octanol–water partition coefficient (Wildman–Crippen LogP) is 4.32. The Morgan fingerprint density at radius 3 is 2.66 bits per heavy atom. The number of rotatable bonds is 10. The number of carbonyl (C=O) groups is 1. The number of amides is 1. The molecule has 32 heavy (non-hydrogen) atoms. The van der Waals surface area contributed by atoms with Crippen molar-refractivity contribution in [2.75, 3.05) is 25.2 Å². The molecule has 174 valence electrons. The first-order valence-corrected chi connectivity index (χ1v) is 11.0. The number of aliphatic hydroxyl groups is 1. The van der Waals surface area contributed by atoms with Crippen LogP contribution in [0.2, 0.25) is 0 Å². The van der Waals surface area contributed by atoms with Crippen LogP contribution < -0.4 is 4.90 Å². The van der Waals surface area contributed by atoms with Crippen molar-refractivity contribution in [3.63, 3.8) is 0 Å². The average Bonchev–Trinajstić information content (AvgIpc) is 3.11. The molecular weight excluding hydrogens is 426 g/mol. The monoisotopic (exact) mass is 459 g/mol. The predicted molar refractivity (Wildman–Crippen MR) is 132 cm³/mol. The molecule has 0 aliphatic rings. The van der Waals surface area contributed by atoms with Gasteiger partial charge in [0.25, 0.3) is 0 Å². The molecule has 3 rings (SSSR count). The zero-order valence-electron chi connectivity index (χ0n) is 19.4. The lowest BCUT2D eigenvalue weighted by Crippen LogP contribution is -2.44. The third-order valence-corrected chi connectivity index (χ3v) is 5.65. The number of hydrogen-bond donors (Lipinski definition) is 1. The Morgan fingerprint density at radius 1 is 1.22 bits per heavy atom. The van der Waals surface area contributed by atoms with Crippen LogP contribution in [0.25, 0.3) is 11.0 Å². The zero-order valence-corrected chi connectivity index (χ0v) is 20.2. The Bertz CT molecular complexity index is 1030. The van der Waals surface area contributed by atoms with E-state index in [9.17, 15) is 9.90 Å². The van der Waals surface area contributed by atoms with Crippen LogP contribution in [0.1, 0.15) is 37.2 Å². The molecule has 0 radical (unpaired) electrons. The standard InChI is InChI=1S/C25H33N3O3.ClH/c1-5-20-11-8-10-18(2)25(20)28(19(3)17-31-4)24(30)16-27-22-13-7-6-12-21(22)26-23(27)14-9-15-29;/h6-8,10-13,19,29H,5,9,14-17H2,1-4H3;1H. The third kappa shape index (κ3) is 5.49. The van der Waals surface area contributed by atoms with Crippen molar-refractivity contribution in [3.05, 3.63) is 59.4 Å². The second-order valence-electron chi connectivity index (χ2n) is 7.93. The molecule has 0 fully saturated rings. The van der Waals surface area contributed by atoms with E-state index in [0.29, 0.717) is 19.4 Å². The number of aliphatic hydroxyl groups excluding tert-OH is 1. The fourth-order valence-electron chi connectivity index (χ4n) is 4.20. The molecule has 1 amide bonds. The Hall–Kier alpha value is -2.41. The van der Waals surface area contributed by atoms with Gasteiger partial charge in [-0.2, -0.15) is 0 Å². The highest BCUT2D eigenvalue weighted by atomic mass is 35.5. The summed E-state index contributed by atoms with van der Waals surface area (Å²) in [4.78, 5) is 20.4. The minimum Gasteiger partial charge on any atom is -0.396 e. The van der Waals surface area contributed by atoms with E-state index in [1.165, 1.54) is 0 Å². The number of aromatic nitrogens is 2. The maximum atomic E-state index is 13.8. The minimum absolute atomic E-state index is 0. The number of imidazole rings is 1. The number of fused-ring (bicyclic) bond motifs is 1. The number of nitrogens with zero attached hydrogens (tertiary/aromatic N) is 3. The normalized spacial score (nSPS) is 11.9. The number of hydrogen-bond acceptors (Lipinski definition) is 4. The number of ether oxygens (including phenoxy) is 1. The number of carbonyl (C=O) groups excluding carboxylic acids is 1. The SMILES string of the molecule is CCc1cccc(C)c1N(C(=O)Cn1c(CCCO)nc2ccccc21)C(C)COC.Cl. The minimum atomic E-state index is -0.112. The summed E-state index contributed by atoms with van der Waals surface area (Å²) < 4.78 is 7.40. The average molecular weight is 460 g/mol. The first kappa shape index (κ1) is 25.8. The zero-order chi connectivity index (χ0) is 22.4. The molecule has 0 aliphatic heterocycles. The van der Waals surface area contributed by atoms with Gasteiger partial charge in [0.15, 0.2) is 0 Å². The molecule has 6 nitrogen and oxygen atoms in total. The maximum Gasteiger partial charge on any atom is 0.247 e. The summed E-state index contributed by atoms with van der Waals surface area (Å²) in [6, 6.07) is 13.9. The van der Waals surface area contributed by atoms with Crippen molar-refractivity contribution in [3.8, 4) is 0 Å². The third-order valence-electron chi connectivity index (χ3n) is 5.65. The van der Waals surface area contributed by atoms with Gasteiger partial charge in [-0.15, -0.1) is 12.4 Å². The van der Waals surface area contributed by atoms with E-state index in [2.05, 4.69) is 13.0 Å². The molecule has 1 aromatic heterocycles. The lowest BCUT2D eigenvalue weighted by Gasteiger charge is -2.32. The molecule has 1 heterocycles. The smallest absolute Gasteiger partial charge is 0.247 e. The van der Waals surface area contributed by atoms with Crippen molar-refractivity contribution in [2.24, 2.45) is 0 Å². The quantitative estimate of drug-likeness (QED) is 0.490. The first-order chi connectivity index (χ1) is 15.0. The van der Waals surface area contributed by atoms with E-state index < -0.39 is 0 Å². The van der Waals surface area contributed by atoms with Crippen LogP contribution in [-0.4, -0.2) is 46.9 Å². The summed E-state index contributed by atoms with van der Waals surface area (Å²) in [5.74, 6) is 0.824. The number of aryl methyl sites for hydroxylation is 3. The second-order valence-corrected chi connectivity index (χ2v) is 7.93. The Kier molecular flexibility index (Phi) is 9.69. The van der Waals surface area contributed by atoms with Crippen molar-refractivity contribution < 1.29 is 14.6 Å². The van der Waals surface area contributed by atoms with Crippen molar-refractivity contribution in [1.82, 2.24) is 9.55 Å². The van der Waals surface area contributed by atoms with E-state index in [1.54, 1.807) is 7.11 Å². The van der Waals surface area contributed by atoms with Gasteiger partial charge in [-0.1, -0.05) is 37.3 Å². The number of anilines is 1. The fourth-order valence-corrected chi connectivity index (χ4v) is 4.20. The molecule has 1 atom stereocenters. The van der Waals surface area contributed by atoms with Crippen LogP contribution in [0.3, 0.4) is 0 Å². The number of benzene rings is 2. The van der Waals surface area contributed by atoms with Gasteiger partial charge in [0.05, 0.1) is 29.4 Å². The van der Waals surface area contributed by atoms with Crippen LogP contribution >= 0.6 is 12.4 Å². The lowest BCUT2D eigenvalue weighted by molar-refractivity contribution is -0.119. The van der Waals surface area contributed by atoms with Crippen molar-refractivity contribution in [2.45, 2.75) is 52.6 Å². The summed E-state index contributed by atoms with van der Waals surface area (Å²) in [5.41, 5.74) is 4.99. The van der Waals surface area contributed by atoms with Crippen LogP contribution in [0.4, 0.5) is 5.69 Å². The van der Waals surface area contributed by atoms with E-state index in [-0.39, 0.29) is 37.5 Å². The van der Waals surface area contributed by atoms with Crippen LogP contribution in [0, 0.1) is 6.92 Å². The van der Waals surface area contributed by atoms with Crippen molar-refractivity contribution in [1.29, 1.82) is 0 Å². The van der Waals surface area contributed by atoms with Gasteiger partial charge in [-0.3, -0.25) is 4.79 Å². The summed E-state index contributed by atoms with van der Waals surface area (Å²) >= 11 is 0. The Balaban J connectivity index is 0.00000363. The summed E-state index contributed by atoms with van der Waals surface area (Å²) in [7, 11) is 1.66. The summed E-state index contributed by atoms with van der Waals surface area (Å²) in [5, 5.41) is 9.31. The summed E-state index contributed by atoms with van der Waals surface area (Å²) in [6.07, 6.45) is 2.08. The largest absolute Gasteiger partial charge is 0.396 e.